The second-order valence-electron chi connectivity index (χ2n) is 4.28. The van der Waals surface area contributed by atoms with E-state index in [0.717, 1.165) is 6.42 Å². The predicted octanol–water partition coefficient (Wildman–Crippen LogP) is 2.55. The van der Waals surface area contributed by atoms with E-state index in [-0.39, 0.29) is 24.8 Å². The second kappa shape index (κ2) is 9.85. The van der Waals surface area contributed by atoms with Crippen LogP contribution in [0.1, 0.15) is 20.3 Å². The van der Waals surface area contributed by atoms with Crippen LogP contribution in [-0.2, 0) is 19.0 Å². The normalized spacial score (nSPS) is 16.2. The summed E-state index contributed by atoms with van der Waals surface area (Å²) in [6, 6.07) is 0. The predicted molar refractivity (Wildman–Crippen MR) is 71.0 cm³/mol. The molecule has 0 aliphatic carbocycles. The van der Waals surface area contributed by atoms with E-state index in [0.29, 0.717) is 5.92 Å². The molecule has 0 saturated heterocycles. The van der Waals surface area contributed by atoms with Crippen LogP contribution in [0.4, 0.5) is 0 Å². The maximum absolute atomic E-state index is 11.1. The molecule has 0 spiro atoms. The van der Waals surface area contributed by atoms with Crippen LogP contribution in [0, 0.1) is 11.8 Å². The SMILES string of the molecule is C=CC[C@H](C)[C@@H](OCOC)[C@H](C)/C=C\C(=O)OC. The second-order valence-corrected chi connectivity index (χ2v) is 4.28. The lowest BCUT2D eigenvalue weighted by Crippen LogP contribution is -2.29. The molecule has 0 aromatic carbocycles. The van der Waals surface area contributed by atoms with Gasteiger partial charge < -0.3 is 14.2 Å². The summed E-state index contributed by atoms with van der Waals surface area (Å²) < 4.78 is 15.2. The quantitative estimate of drug-likeness (QED) is 0.275. The van der Waals surface area contributed by atoms with Crippen molar-refractivity contribution < 1.29 is 19.0 Å². The van der Waals surface area contributed by atoms with Crippen LogP contribution in [0.25, 0.3) is 0 Å². The van der Waals surface area contributed by atoms with Gasteiger partial charge in [-0.1, -0.05) is 26.0 Å². The summed E-state index contributed by atoms with van der Waals surface area (Å²) in [7, 11) is 2.95. The van der Waals surface area contributed by atoms with Gasteiger partial charge in [-0.2, -0.15) is 0 Å². The Morgan fingerprint density at radius 2 is 2.00 bits per heavy atom. The fourth-order valence-electron chi connectivity index (χ4n) is 1.79. The number of hydrogen-bond donors (Lipinski definition) is 0. The van der Waals surface area contributed by atoms with Gasteiger partial charge in [0.1, 0.15) is 6.79 Å². The number of carbonyl (C=O) groups excluding carboxylic acids is 1. The molecule has 104 valence electrons. The van der Waals surface area contributed by atoms with Crippen molar-refractivity contribution in [3.8, 4) is 0 Å². The molecule has 4 heteroatoms. The molecule has 0 N–H and O–H groups in total. The molecule has 18 heavy (non-hydrogen) atoms. The van der Waals surface area contributed by atoms with Gasteiger partial charge >= 0.3 is 5.97 Å². The number of ether oxygens (including phenoxy) is 3. The number of carbonyl (C=O) groups is 1. The summed E-state index contributed by atoms with van der Waals surface area (Å²) in [6.45, 7) is 8.06. The summed E-state index contributed by atoms with van der Waals surface area (Å²) in [5.41, 5.74) is 0. The Hall–Kier alpha value is -1.13. The van der Waals surface area contributed by atoms with E-state index >= 15 is 0 Å². The molecule has 0 unspecified atom stereocenters. The van der Waals surface area contributed by atoms with Crippen LogP contribution in [0.3, 0.4) is 0 Å². The lowest BCUT2D eigenvalue weighted by Gasteiger charge is -2.27. The summed E-state index contributed by atoms with van der Waals surface area (Å²) in [5, 5.41) is 0. The molecule has 0 rings (SSSR count). The largest absolute Gasteiger partial charge is 0.466 e. The number of rotatable bonds is 9. The summed E-state index contributed by atoms with van der Waals surface area (Å²) >= 11 is 0. The monoisotopic (exact) mass is 256 g/mol. The maximum atomic E-state index is 11.1. The van der Waals surface area contributed by atoms with E-state index in [2.05, 4.69) is 18.2 Å². The first kappa shape index (κ1) is 16.9. The number of methoxy groups -OCH3 is 2. The van der Waals surface area contributed by atoms with Gasteiger partial charge in [-0.25, -0.2) is 4.79 Å². The molecule has 0 fully saturated rings. The van der Waals surface area contributed by atoms with Gasteiger partial charge in [0.2, 0.25) is 0 Å². The molecular weight excluding hydrogens is 232 g/mol. The van der Waals surface area contributed by atoms with Gasteiger partial charge in [0.05, 0.1) is 13.2 Å². The van der Waals surface area contributed by atoms with Gasteiger partial charge in [0.25, 0.3) is 0 Å². The van der Waals surface area contributed by atoms with E-state index in [1.807, 2.05) is 13.0 Å². The molecular formula is C14H24O4. The third-order valence-electron chi connectivity index (χ3n) is 2.73. The van der Waals surface area contributed by atoms with Crippen molar-refractivity contribution in [3.63, 3.8) is 0 Å². The van der Waals surface area contributed by atoms with Crippen LogP contribution in [0.2, 0.25) is 0 Å². The minimum absolute atomic E-state index is 0.0242. The Labute approximate surface area is 110 Å². The molecule has 0 amide bonds. The third-order valence-corrected chi connectivity index (χ3v) is 2.73. The van der Waals surface area contributed by atoms with Crippen molar-refractivity contribution in [2.24, 2.45) is 11.8 Å². The van der Waals surface area contributed by atoms with Gasteiger partial charge in [-0.15, -0.1) is 6.58 Å². The van der Waals surface area contributed by atoms with Crippen molar-refractivity contribution in [1.29, 1.82) is 0 Å². The first-order chi connectivity index (χ1) is 8.56. The zero-order valence-electron chi connectivity index (χ0n) is 11.7. The Morgan fingerprint density at radius 3 is 2.50 bits per heavy atom. The van der Waals surface area contributed by atoms with Crippen molar-refractivity contribution in [1.82, 2.24) is 0 Å². The maximum Gasteiger partial charge on any atom is 0.330 e. The van der Waals surface area contributed by atoms with Crippen LogP contribution < -0.4 is 0 Å². The molecule has 0 heterocycles. The Morgan fingerprint density at radius 1 is 1.33 bits per heavy atom. The highest BCUT2D eigenvalue weighted by Gasteiger charge is 2.22. The molecule has 0 aliphatic rings. The molecule has 0 bridgehead atoms. The van der Waals surface area contributed by atoms with Crippen molar-refractivity contribution in [3.05, 3.63) is 24.8 Å². The first-order valence-corrected chi connectivity index (χ1v) is 6.04. The third kappa shape index (κ3) is 6.57. The van der Waals surface area contributed by atoms with Crippen LogP contribution in [-0.4, -0.2) is 33.1 Å². The fraction of sp³-hybridized carbons (Fsp3) is 0.643. The van der Waals surface area contributed by atoms with E-state index in [4.69, 9.17) is 9.47 Å². The molecule has 3 atom stereocenters. The molecule has 0 aliphatic heterocycles. The summed E-state index contributed by atoms with van der Waals surface area (Å²) in [4.78, 5) is 11.1. The Kier molecular flexibility index (Phi) is 9.24. The minimum Gasteiger partial charge on any atom is -0.466 e. The van der Waals surface area contributed by atoms with Gasteiger partial charge in [-0.3, -0.25) is 0 Å². The Bertz CT molecular complexity index is 273. The van der Waals surface area contributed by atoms with Gasteiger partial charge in [-0.05, 0) is 12.3 Å². The summed E-state index contributed by atoms with van der Waals surface area (Å²) in [5.74, 6) is 0.0351. The molecule has 0 saturated carbocycles. The zero-order valence-corrected chi connectivity index (χ0v) is 11.7. The van der Waals surface area contributed by atoms with Crippen molar-refractivity contribution in [2.75, 3.05) is 21.0 Å². The lowest BCUT2D eigenvalue weighted by molar-refractivity contribution is -0.134. The van der Waals surface area contributed by atoms with E-state index < -0.39 is 0 Å². The summed E-state index contributed by atoms with van der Waals surface area (Å²) in [6.07, 6.45) is 5.92. The highest BCUT2D eigenvalue weighted by Crippen LogP contribution is 2.21. The smallest absolute Gasteiger partial charge is 0.330 e. The van der Waals surface area contributed by atoms with Gasteiger partial charge in [0, 0.05) is 19.1 Å². The van der Waals surface area contributed by atoms with Crippen LogP contribution in [0.5, 0.6) is 0 Å². The van der Waals surface area contributed by atoms with E-state index in [1.54, 1.807) is 13.2 Å². The molecule has 0 aromatic heterocycles. The number of hydrogen-bond acceptors (Lipinski definition) is 4. The van der Waals surface area contributed by atoms with Gasteiger partial charge in [0.15, 0.2) is 0 Å². The first-order valence-electron chi connectivity index (χ1n) is 6.04. The molecule has 4 nitrogen and oxygen atoms in total. The average Bonchev–Trinajstić information content (AvgIpc) is 2.36. The number of esters is 1. The van der Waals surface area contributed by atoms with Crippen molar-refractivity contribution >= 4 is 5.97 Å². The molecule has 0 radical (unpaired) electrons. The topological polar surface area (TPSA) is 44.8 Å². The fourth-order valence-corrected chi connectivity index (χ4v) is 1.79. The number of allylic oxidation sites excluding steroid dienone is 1. The lowest BCUT2D eigenvalue weighted by atomic mass is 9.90. The highest BCUT2D eigenvalue weighted by atomic mass is 16.7. The zero-order chi connectivity index (χ0) is 14.0. The van der Waals surface area contributed by atoms with Crippen molar-refractivity contribution in [2.45, 2.75) is 26.4 Å². The van der Waals surface area contributed by atoms with E-state index in [1.165, 1.54) is 13.2 Å². The average molecular weight is 256 g/mol. The Balaban J connectivity index is 4.56. The van der Waals surface area contributed by atoms with Crippen LogP contribution >= 0.6 is 0 Å². The standard InChI is InChI=1S/C14H24O4/c1-6-7-11(2)14(18-10-16-4)12(3)8-9-13(15)17-5/h6,8-9,11-12,14H,1,7,10H2,2-5H3/b9-8-/t11-,12+,14+/m0/s1. The van der Waals surface area contributed by atoms with E-state index in [9.17, 15) is 4.79 Å². The molecule has 0 aromatic rings. The van der Waals surface area contributed by atoms with Crippen LogP contribution in [0.15, 0.2) is 24.8 Å². The minimum atomic E-state index is -0.358. The highest BCUT2D eigenvalue weighted by molar-refractivity contribution is 5.81.